The fourth-order valence-corrected chi connectivity index (χ4v) is 3.80. The zero-order valence-electron chi connectivity index (χ0n) is 14.9. The summed E-state index contributed by atoms with van der Waals surface area (Å²) in [5, 5.41) is 6.30. The van der Waals surface area contributed by atoms with Gasteiger partial charge in [0, 0.05) is 13.1 Å². The van der Waals surface area contributed by atoms with E-state index < -0.39 is 0 Å². The number of amides is 2. The van der Waals surface area contributed by atoms with Gasteiger partial charge in [0.25, 0.3) is 0 Å². The molecule has 1 aliphatic carbocycles. The molecule has 0 atom stereocenters. The number of carbonyl (C=O) groups excluding carboxylic acids is 1. The van der Waals surface area contributed by atoms with Crippen molar-refractivity contribution in [2.75, 3.05) is 36.5 Å². The number of hydrogen-bond donors (Lipinski definition) is 2. The lowest BCUT2D eigenvalue weighted by Crippen LogP contribution is -2.52. The van der Waals surface area contributed by atoms with Gasteiger partial charge in [-0.05, 0) is 37.0 Å². The predicted molar refractivity (Wildman–Crippen MR) is 104 cm³/mol. The minimum atomic E-state index is -0.237. The third-order valence-corrected chi connectivity index (χ3v) is 5.39. The molecule has 1 heterocycles. The second-order valence-corrected chi connectivity index (χ2v) is 7.00. The highest BCUT2D eigenvalue weighted by Crippen LogP contribution is 2.41. The number of ether oxygens (including phenoxy) is 1. The van der Waals surface area contributed by atoms with Crippen molar-refractivity contribution in [3.8, 4) is 0 Å². The molecule has 0 bridgehead atoms. The Morgan fingerprint density at radius 3 is 2.35 bits per heavy atom. The maximum absolute atomic E-state index is 12.8. The lowest BCUT2D eigenvalue weighted by atomic mass is 9.72. The first-order chi connectivity index (χ1) is 12.8. The van der Waals surface area contributed by atoms with Gasteiger partial charge in [-0.25, -0.2) is 4.79 Å². The van der Waals surface area contributed by atoms with Gasteiger partial charge in [-0.15, -0.1) is 0 Å². The zero-order valence-corrected chi connectivity index (χ0v) is 14.9. The van der Waals surface area contributed by atoms with Crippen LogP contribution < -0.4 is 15.5 Å². The quantitative estimate of drug-likeness (QED) is 0.883. The first-order valence-electron chi connectivity index (χ1n) is 9.33. The van der Waals surface area contributed by atoms with Gasteiger partial charge in [-0.3, -0.25) is 0 Å². The molecule has 5 heteroatoms. The van der Waals surface area contributed by atoms with Crippen LogP contribution in [0.2, 0.25) is 0 Å². The molecule has 2 amide bonds. The highest BCUT2D eigenvalue weighted by atomic mass is 16.5. The molecule has 2 N–H and O–H groups in total. The van der Waals surface area contributed by atoms with E-state index in [1.165, 1.54) is 5.56 Å². The van der Waals surface area contributed by atoms with Crippen LogP contribution in [0.4, 0.5) is 16.2 Å². The van der Waals surface area contributed by atoms with Crippen LogP contribution in [0.5, 0.6) is 0 Å². The average Bonchev–Trinajstić information content (AvgIpc) is 2.66. The van der Waals surface area contributed by atoms with Crippen LogP contribution in [-0.2, 0) is 10.3 Å². The SMILES string of the molecule is O=C(Nc1ccccc1N1CCOCC1)NC1(c2ccccc2)CCC1. The van der Waals surface area contributed by atoms with Crippen molar-refractivity contribution >= 4 is 17.4 Å². The molecule has 0 spiro atoms. The molecule has 26 heavy (non-hydrogen) atoms. The number of para-hydroxylation sites is 2. The third-order valence-electron chi connectivity index (χ3n) is 5.39. The molecule has 0 aromatic heterocycles. The van der Waals surface area contributed by atoms with Gasteiger partial charge in [-0.2, -0.15) is 0 Å². The van der Waals surface area contributed by atoms with Crippen molar-refractivity contribution in [3.63, 3.8) is 0 Å². The summed E-state index contributed by atoms with van der Waals surface area (Å²) >= 11 is 0. The van der Waals surface area contributed by atoms with Gasteiger partial charge in [0.1, 0.15) is 0 Å². The number of hydrogen-bond acceptors (Lipinski definition) is 3. The Hall–Kier alpha value is -2.53. The van der Waals surface area contributed by atoms with E-state index >= 15 is 0 Å². The first-order valence-corrected chi connectivity index (χ1v) is 9.33. The Morgan fingerprint density at radius 2 is 1.65 bits per heavy atom. The van der Waals surface area contributed by atoms with E-state index in [1.54, 1.807) is 0 Å². The summed E-state index contributed by atoms with van der Waals surface area (Å²) in [7, 11) is 0. The summed E-state index contributed by atoms with van der Waals surface area (Å²) in [6.45, 7) is 3.12. The molecule has 1 saturated heterocycles. The molecule has 4 rings (SSSR count). The van der Waals surface area contributed by atoms with Crippen LogP contribution in [0, 0.1) is 0 Å². The van der Waals surface area contributed by atoms with E-state index in [0.717, 1.165) is 56.9 Å². The highest BCUT2D eigenvalue weighted by Gasteiger charge is 2.40. The predicted octanol–water partition coefficient (Wildman–Crippen LogP) is 3.72. The number of urea groups is 1. The number of nitrogens with zero attached hydrogens (tertiary/aromatic N) is 1. The fourth-order valence-electron chi connectivity index (χ4n) is 3.80. The number of benzene rings is 2. The Bertz CT molecular complexity index is 753. The molecule has 1 aliphatic heterocycles. The molecule has 2 aromatic rings. The third kappa shape index (κ3) is 3.40. The number of anilines is 2. The lowest BCUT2D eigenvalue weighted by Gasteiger charge is -2.43. The Balaban J connectivity index is 1.48. The molecular weight excluding hydrogens is 326 g/mol. The molecular formula is C21H25N3O2. The van der Waals surface area contributed by atoms with Crippen molar-refractivity contribution in [1.82, 2.24) is 5.32 Å². The maximum atomic E-state index is 12.8. The van der Waals surface area contributed by atoms with E-state index in [4.69, 9.17) is 4.74 Å². The van der Waals surface area contributed by atoms with Crippen LogP contribution >= 0.6 is 0 Å². The largest absolute Gasteiger partial charge is 0.378 e. The molecule has 5 nitrogen and oxygen atoms in total. The maximum Gasteiger partial charge on any atom is 0.319 e. The average molecular weight is 351 g/mol. The molecule has 2 aliphatic rings. The van der Waals surface area contributed by atoms with E-state index in [-0.39, 0.29) is 11.6 Å². The van der Waals surface area contributed by atoms with Gasteiger partial charge in [0.05, 0.1) is 30.1 Å². The highest BCUT2D eigenvalue weighted by molar-refractivity contribution is 5.93. The summed E-state index contributed by atoms with van der Waals surface area (Å²) in [5.41, 5.74) is 2.84. The van der Waals surface area contributed by atoms with Crippen LogP contribution in [0.15, 0.2) is 54.6 Å². The molecule has 136 valence electrons. The standard InChI is InChI=1S/C21H25N3O2/c25-20(23-21(11-6-12-21)17-7-2-1-3-8-17)22-18-9-4-5-10-19(18)24-13-15-26-16-14-24/h1-5,7-10H,6,11-16H2,(H2,22,23,25). The lowest BCUT2D eigenvalue weighted by molar-refractivity contribution is 0.123. The van der Waals surface area contributed by atoms with Crippen molar-refractivity contribution < 1.29 is 9.53 Å². The summed E-state index contributed by atoms with van der Waals surface area (Å²) in [5.74, 6) is 0. The van der Waals surface area contributed by atoms with Gasteiger partial charge in [-0.1, -0.05) is 42.5 Å². The van der Waals surface area contributed by atoms with E-state index in [1.807, 2.05) is 36.4 Å². The van der Waals surface area contributed by atoms with Gasteiger partial charge in [0.2, 0.25) is 0 Å². The Labute approximate surface area is 154 Å². The number of carbonyl (C=O) groups is 1. The second kappa shape index (κ2) is 7.38. The normalized spacial score (nSPS) is 18.7. The molecule has 0 radical (unpaired) electrons. The van der Waals surface area contributed by atoms with E-state index in [0.29, 0.717) is 0 Å². The monoisotopic (exact) mass is 351 g/mol. The van der Waals surface area contributed by atoms with Crippen molar-refractivity contribution in [2.24, 2.45) is 0 Å². The van der Waals surface area contributed by atoms with Crippen LogP contribution in [0.1, 0.15) is 24.8 Å². The fraction of sp³-hybridized carbons (Fsp3) is 0.381. The minimum Gasteiger partial charge on any atom is -0.378 e. The van der Waals surface area contributed by atoms with E-state index in [2.05, 4.69) is 33.7 Å². The summed E-state index contributed by atoms with van der Waals surface area (Å²) < 4.78 is 5.44. The molecule has 1 saturated carbocycles. The van der Waals surface area contributed by atoms with E-state index in [9.17, 15) is 4.79 Å². The van der Waals surface area contributed by atoms with Gasteiger partial charge < -0.3 is 20.3 Å². The second-order valence-electron chi connectivity index (χ2n) is 7.00. The zero-order chi connectivity index (χ0) is 17.8. The first kappa shape index (κ1) is 16.9. The van der Waals surface area contributed by atoms with Gasteiger partial charge in [0.15, 0.2) is 0 Å². The van der Waals surface area contributed by atoms with Crippen LogP contribution in [0.25, 0.3) is 0 Å². The van der Waals surface area contributed by atoms with Crippen LogP contribution in [0.3, 0.4) is 0 Å². The van der Waals surface area contributed by atoms with Gasteiger partial charge >= 0.3 is 6.03 Å². The summed E-state index contributed by atoms with van der Waals surface area (Å²) in [6, 6.07) is 18.1. The topological polar surface area (TPSA) is 53.6 Å². The van der Waals surface area contributed by atoms with Crippen LogP contribution in [-0.4, -0.2) is 32.3 Å². The number of morpholine rings is 1. The number of nitrogens with one attached hydrogen (secondary N) is 2. The molecule has 2 fully saturated rings. The summed E-state index contributed by atoms with van der Waals surface area (Å²) in [4.78, 5) is 15.0. The molecule has 0 unspecified atom stereocenters. The van der Waals surface area contributed by atoms with Crippen molar-refractivity contribution in [3.05, 3.63) is 60.2 Å². The molecule has 2 aromatic carbocycles. The number of rotatable bonds is 4. The Morgan fingerprint density at radius 1 is 0.962 bits per heavy atom. The summed E-state index contributed by atoms with van der Waals surface area (Å²) in [6.07, 6.45) is 3.10. The van der Waals surface area contributed by atoms with Crippen molar-refractivity contribution in [1.29, 1.82) is 0 Å². The smallest absolute Gasteiger partial charge is 0.319 e. The van der Waals surface area contributed by atoms with Crippen molar-refractivity contribution in [2.45, 2.75) is 24.8 Å². The minimum absolute atomic E-state index is 0.144. The Kier molecular flexibility index (Phi) is 4.80.